The van der Waals surface area contributed by atoms with Crippen molar-refractivity contribution in [1.29, 1.82) is 0 Å². The maximum atomic E-state index is 13.1. The Bertz CT molecular complexity index is 1350. The molecule has 0 unspecified atom stereocenters. The maximum Gasteiger partial charge on any atom is 0.262 e. The fourth-order valence-electron chi connectivity index (χ4n) is 3.58. The van der Waals surface area contributed by atoms with Gasteiger partial charge in [-0.25, -0.2) is 5.43 Å². The van der Waals surface area contributed by atoms with Crippen LogP contribution >= 0.6 is 39.1 Å². The molecule has 3 aromatic rings. The Labute approximate surface area is 252 Å². The lowest BCUT2D eigenvalue weighted by atomic mass is 10.1. The molecular formula is C29H30BrCl2N3O5. The lowest BCUT2D eigenvalue weighted by molar-refractivity contribution is -0.132. The first-order valence-electron chi connectivity index (χ1n) is 12.4. The summed E-state index contributed by atoms with van der Waals surface area (Å²) >= 11 is 15.6. The van der Waals surface area contributed by atoms with Gasteiger partial charge in [0.25, 0.3) is 11.8 Å². The number of methoxy groups -OCH3 is 1. The highest BCUT2D eigenvalue weighted by molar-refractivity contribution is 9.10. The molecule has 11 heteroatoms. The van der Waals surface area contributed by atoms with Crippen LogP contribution in [0.1, 0.15) is 31.9 Å². The van der Waals surface area contributed by atoms with E-state index in [0.717, 1.165) is 5.56 Å². The number of halogens is 3. The van der Waals surface area contributed by atoms with Gasteiger partial charge < -0.3 is 19.5 Å². The van der Waals surface area contributed by atoms with Crippen LogP contribution in [-0.4, -0.2) is 43.4 Å². The summed E-state index contributed by atoms with van der Waals surface area (Å²) in [7, 11) is 1.54. The van der Waals surface area contributed by atoms with E-state index in [1.807, 2.05) is 44.2 Å². The van der Waals surface area contributed by atoms with Gasteiger partial charge in [-0.05, 0) is 78.2 Å². The van der Waals surface area contributed by atoms with Crippen LogP contribution in [0, 0.1) is 0 Å². The van der Waals surface area contributed by atoms with E-state index < -0.39 is 24.0 Å². The van der Waals surface area contributed by atoms with Crippen LogP contribution in [-0.2, 0) is 16.0 Å². The van der Waals surface area contributed by atoms with Crippen molar-refractivity contribution in [1.82, 2.24) is 10.7 Å². The van der Waals surface area contributed by atoms with Crippen LogP contribution in [0.5, 0.6) is 17.2 Å². The van der Waals surface area contributed by atoms with Crippen molar-refractivity contribution in [3.63, 3.8) is 0 Å². The van der Waals surface area contributed by atoms with E-state index in [-0.39, 0.29) is 17.5 Å². The minimum Gasteiger partial charge on any atom is -0.493 e. The van der Waals surface area contributed by atoms with Gasteiger partial charge in [-0.3, -0.25) is 9.59 Å². The molecule has 0 bridgehead atoms. The second-order valence-electron chi connectivity index (χ2n) is 9.02. The van der Waals surface area contributed by atoms with Crippen LogP contribution in [0.3, 0.4) is 0 Å². The molecule has 2 amide bonds. The Morgan fingerprint density at radius 3 is 2.35 bits per heavy atom. The number of rotatable bonds is 12. The van der Waals surface area contributed by atoms with Gasteiger partial charge in [0.05, 0.1) is 28.9 Å². The average Bonchev–Trinajstić information content (AvgIpc) is 2.91. The van der Waals surface area contributed by atoms with Crippen molar-refractivity contribution in [3.8, 4) is 17.2 Å². The van der Waals surface area contributed by atoms with Gasteiger partial charge in [0, 0.05) is 11.4 Å². The summed E-state index contributed by atoms with van der Waals surface area (Å²) < 4.78 is 17.6. The summed E-state index contributed by atoms with van der Waals surface area (Å²) in [5.41, 5.74) is 4.03. The van der Waals surface area contributed by atoms with Crippen LogP contribution in [0.25, 0.3) is 0 Å². The van der Waals surface area contributed by atoms with E-state index in [9.17, 15) is 9.59 Å². The SMILES string of the molecule is COc1cc(/C=N\NC(=O)[C@H](Cc2ccccc2)NC(=O)[C@H](C)Oc2ccc(Cl)cc2Cl)cc(Br)c1OC(C)C. The molecule has 0 aliphatic carbocycles. The number of nitrogens with one attached hydrogen (secondary N) is 2. The molecule has 0 fully saturated rings. The number of hydrogen-bond donors (Lipinski definition) is 2. The third-order valence-electron chi connectivity index (χ3n) is 5.48. The lowest BCUT2D eigenvalue weighted by Crippen LogP contribution is -2.50. The summed E-state index contributed by atoms with van der Waals surface area (Å²) in [5.74, 6) is 0.380. The highest BCUT2D eigenvalue weighted by Crippen LogP contribution is 2.37. The van der Waals surface area contributed by atoms with Gasteiger partial charge in [-0.2, -0.15) is 5.10 Å². The quantitative estimate of drug-likeness (QED) is 0.180. The van der Waals surface area contributed by atoms with E-state index >= 15 is 0 Å². The van der Waals surface area contributed by atoms with Crippen molar-refractivity contribution in [2.75, 3.05) is 7.11 Å². The topological polar surface area (TPSA) is 98.2 Å². The molecular weight excluding hydrogens is 621 g/mol. The van der Waals surface area contributed by atoms with E-state index in [2.05, 4.69) is 31.8 Å². The first kappa shape index (κ1) is 31.3. The highest BCUT2D eigenvalue weighted by Gasteiger charge is 2.25. The Hall–Kier alpha value is -3.27. The van der Waals surface area contributed by atoms with Crippen LogP contribution in [0.15, 0.2) is 70.2 Å². The largest absolute Gasteiger partial charge is 0.493 e. The molecule has 40 heavy (non-hydrogen) atoms. The molecule has 0 aromatic heterocycles. The summed E-state index contributed by atoms with van der Waals surface area (Å²) in [5, 5.41) is 7.57. The number of ether oxygens (including phenoxy) is 3. The Kier molecular flexibility index (Phi) is 11.7. The highest BCUT2D eigenvalue weighted by atomic mass is 79.9. The van der Waals surface area contributed by atoms with Crippen molar-refractivity contribution in [2.24, 2.45) is 5.10 Å². The van der Waals surface area contributed by atoms with Gasteiger partial charge in [0.1, 0.15) is 11.8 Å². The van der Waals surface area contributed by atoms with E-state index in [4.69, 9.17) is 37.4 Å². The zero-order valence-electron chi connectivity index (χ0n) is 22.4. The van der Waals surface area contributed by atoms with Crippen LogP contribution in [0.4, 0.5) is 0 Å². The monoisotopic (exact) mass is 649 g/mol. The summed E-state index contributed by atoms with van der Waals surface area (Å²) in [6.07, 6.45) is 0.727. The zero-order chi connectivity index (χ0) is 29.2. The molecule has 2 N–H and O–H groups in total. The number of carbonyl (C=O) groups is 2. The van der Waals surface area contributed by atoms with Gasteiger partial charge in [0.15, 0.2) is 17.6 Å². The number of amides is 2. The molecule has 0 radical (unpaired) electrons. The fourth-order valence-corrected chi connectivity index (χ4v) is 4.58. The molecule has 0 aliphatic rings. The Balaban J connectivity index is 1.72. The fraction of sp³-hybridized carbons (Fsp3) is 0.276. The molecule has 2 atom stereocenters. The van der Waals surface area contributed by atoms with Crippen molar-refractivity contribution in [3.05, 3.63) is 86.3 Å². The molecule has 0 heterocycles. The molecule has 0 saturated heterocycles. The Morgan fingerprint density at radius 2 is 1.70 bits per heavy atom. The van der Waals surface area contributed by atoms with Gasteiger partial charge in [-0.15, -0.1) is 0 Å². The molecule has 0 saturated carbocycles. The first-order chi connectivity index (χ1) is 19.1. The average molecular weight is 651 g/mol. The molecule has 212 valence electrons. The van der Waals surface area contributed by atoms with Crippen molar-refractivity contribution < 1.29 is 23.8 Å². The second-order valence-corrected chi connectivity index (χ2v) is 10.7. The number of nitrogens with zero attached hydrogens (tertiary/aromatic N) is 1. The summed E-state index contributed by atoms with van der Waals surface area (Å²) in [6, 6.07) is 16.6. The molecule has 3 rings (SSSR count). The van der Waals surface area contributed by atoms with Crippen LogP contribution in [0.2, 0.25) is 10.0 Å². The maximum absolute atomic E-state index is 13.1. The Morgan fingerprint density at radius 1 is 0.975 bits per heavy atom. The van der Waals surface area contributed by atoms with Crippen LogP contribution < -0.4 is 25.0 Å². The van der Waals surface area contributed by atoms with Gasteiger partial charge in [-0.1, -0.05) is 53.5 Å². The molecule has 0 spiro atoms. The minimum absolute atomic E-state index is 0.0444. The van der Waals surface area contributed by atoms with Crippen molar-refractivity contribution >= 4 is 57.2 Å². The number of carbonyl (C=O) groups excluding carboxylic acids is 2. The van der Waals surface area contributed by atoms with E-state index in [1.54, 1.807) is 38.3 Å². The number of benzene rings is 3. The zero-order valence-corrected chi connectivity index (χ0v) is 25.5. The third-order valence-corrected chi connectivity index (χ3v) is 6.60. The normalized spacial score (nSPS) is 12.6. The smallest absolute Gasteiger partial charge is 0.262 e. The van der Waals surface area contributed by atoms with Crippen molar-refractivity contribution in [2.45, 2.75) is 45.4 Å². The summed E-state index contributed by atoms with van der Waals surface area (Å²) in [6.45, 7) is 5.40. The minimum atomic E-state index is -0.940. The predicted molar refractivity (Wildman–Crippen MR) is 161 cm³/mol. The van der Waals surface area contributed by atoms with E-state index in [1.165, 1.54) is 12.3 Å². The summed E-state index contributed by atoms with van der Waals surface area (Å²) in [4.78, 5) is 26.1. The third kappa shape index (κ3) is 9.15. The molecule has 8 nitrogen and oxygen atoms in total. The molecule has 3 aromatic carbocycles. The number of hydrogen-bond acceptors (Lipinski definition) is 6. The number of hydrazone groups is 1. The molecule has 0 aliphatic heterocycles. The lowest BCUT2D eigenvalue weighted by Gasteiger charge is -2.21. The van der Waals surface area contributed by atoms with Gasteiger partial charge >= 0.3 is 0 Å². The predicted octanol–water partition coefficient (Wildman–Crippen LogP) is 6.20. The first-order valence-corrected chi connectivity index (χ1v) is 13.9. The second kappa shape index (κ2) is 14.9. The van der Waals surface area contributed by atoms with E-state index in [0.29, 0.717) is 32.3 Å². The van der Waals surface area contributed by atoms with Gasteiger partial charge in [0.2, 0.25) is 0 Å². The standard InChI is InChI=1S/C29H30BrCl2N3O5/c1-17(2)39-27-22(30)12-20(14-26(27)38-4)16-33-35-29(37)24(13-19-8-6-5-7-9-19)34-28(36)18(3)40-25-11-10-21(31)15-23(25)32/h5-12,14-18,24H,13H2,1-4H3,(H,34,36)(H,35,37)/b33-16-/t18-,24-/m0/s1.